The highest BCUT2D eigenvalue weighted by molar-refractivity contribution is 5.80. The fourth-order valence-corrected chi connectivity index (χ4v) is 1.52. The average molecular weight is 315 g/mol. The number of rotatable bonds is 1. The molecule has 0 spiro atoms. The van der Waals surface area contributed by atoms with Crippen LogP contribution in [0.2, 0.25) is 0 Å². The summed E-state index contributed by atoms with van der Waals surface area (Å²) in [6, 6.07) is 0. The molecule has 0 nitrogen and oxygen atoms in total. The van der Waals surface area contributed by atoms with Gasteiger partial charge in [-0.1, -0.05) is 5.73 Å². The summed E-state index contributed by atoms with van der Waals surface area (Å²) in [5, 5.41) is 0. The van der Waals surface area contributed by atoms with Gasteiger partial charge in [-0.05, 0) is 0 Å². The number of allylic oxidation sites excluding steroid dienone is 3. The predicted molar refractivity (Wildman–Crippen MR) is 51.4 cm³/mol. The van der Waals surface area contributed by atoms with Gasteiger partial charge in [0, 0.05) is 0 Å². The van der Waals surface area contributed by atoms with Gasteiger partial charge in [-0.15, -0.1) is 0 Å². The van der Waals surface area contributed by atoms with Gasteiger partial charge in [-0.2, -0.15) is 4.39 Å². The minimum atomic E-state index is -2.54. The minimum absolute atomic E-state index is 1.06. The SMILES string of the molecule is F[C]1C(F)=C=C(c2c(F)c(F)c(F)c(F)c2F)C(F)=C1F. The summed E-state index contributed by atoms with van der Waals surface area (Å²) in [7, 11) is 0. The molecule has 2 rings (SSSR count). The van der Waals surface area contributed by atoms with E-state index in [1.165, 1.54) is 0 Å². The summed E-state index contributed by atoms with van der Waals surface area (Å²) in [6.07, 6.45) is -2.35. The topological polar surface area (TPSA) is 0 Å². The first-order chi connectivity index (χ1) is 9.68. The lowest BCUT2D eigenvalue weighted by molar-refractivity contribution is 0.374. The highest BCUT2D eigenvalue weighted by atomic mass is 19.2. The monoisotopic (exact) mass is 315 g/mol. The van der Waals surface area contributed by atoms with Crippen molar-refractivity contribution in [2.24, 2.45) is 0 Å². The summed E-state index contributed by atoms with van der Waals surface area (Å²) in [5.41, 5.74) is -2.66. The Hall–Kier alpha value is -2.15. The second-order valence-corrected chi connectivity index (χ2v) is 3.70. The van der Waals surface area contributed by atoms with Crippen molar-refractivity contribution in [3.05, 3.63) is 64.0 Å². The molecular formula is C12F9. The molecule has 21 heavy (non-hydrogen) atoms. The van der Waals surface area contributed by atoms with Crippen molar-refractivity contribution in [1.82, 2.24) is 0 Å². The molecule has 0 fully saturated rings. The Bertz CT molecular complexity index is 709. The zero-order valence-corrected chi connectivity index (χ0v) is 9.40. The Morgan fingerprint density at radius 1 is 0.524 bits per heavy atom. The molecule has 0 heterocycles. The molecule has 0 atom stereocenters. The minimum Gasteiger partial charge on any atom is -0.223 e. The third kappa shape index (κ3) is 2.13. The molecule has 0 aromatic heterocycles. The predicted octanol–water partition coefficient (Wildman–Crippen LogP) is 4.88. The Kier molecular flexibility index (Phi) is 3.63. The van der Waals surface area contributed by atoms with E-state index in [0.717, 1.165) is 5.73 Å². The molecule has 1 aromatic rings. The van der Waals surface area contributed by atoms with Crippen molar-refractivity contribution >= 4 is 5.57 Å². The molecule has 0 unspecified atom stereocenters. The average Bonchev–Trinajstić information content (AvgIpc) is 2.46. The quantitative estimate of drug-likeness (QED) is 0.300. The molecule has 0 saturated carbocycles. The van der Waals surface area contributed by atoms with Crippen LogP contribution in [-0.2, 0) is 0 Å². The van der Waals surface area contributed by atoms with Crippen molar-refractivity contribution in [3.8, 4) is 0 Å². The van der Waals surface area contributed by atoms with Gasteiger partial charge >= 0.3 is 0 Å². The van der Waals surface area contributed by atoms with Gasteiger partial charge in [0.05, 0.1) is 11.1 Å². The summed E-state index contributed by atoms with van der Waals surface area (Å²) in [5.74, 6) is -19.5. The van der Waals surface area contributed by atoms with Crippen LogP contribution < -0.4 is 0 Å². The fraction of sp³-hybridized carbons (Fsp3) is 0. The first kappa shape index (κ1) is 15.2. The van der Waals surface area contributed by atoms with Crippen molar-refractivity contribution in [1.29, 1.82) is 0 Å². The van der Waals surface area contributed by atoms with Crippen molar-refractivity contribution in [2.75, 3.05) is 0 Å². The molecule has 9 heteroatoms. The molecule has 1 radical (unpaired) electrons. The maximum atomic E-state index is 13.4. The van der Waals surface area contributed by atoms with Crippen LogP contribution in [0.1, 0.15) is 5.56 Å². The summed E-state index contributed by atoms with van der Waals surface area (Å²) in [6.45, 7) is 0. The highest BCUT2D eigenvalue weighted by Gasteiger charge is 2.36. The van der Waals surface area contributed by atoms with Crippen molar-refractivity contribution < 1.29 is 39.5 Å². The number of hydrogen-bond donors (Lipinski definition) is 0. The Morgan fingerprint density at radius 3 is 1.43 bits per heavy atom. The maximum Gasteiger partial charge on any atom is 0.270 e. The van der Waals surface area contributed by atoms with E-state index in [-0.39, 0.29) is 0 Å². The van der Waals surface area contributed by atoms with E-state index in [2.05, 4.69) is 0 Å². The molecule has 0 saturated heterocycles. The molecule has 0 bridgehead atoms. The standard InChI is InChI=1S/C12F9/c13-3-1-2(5(14)9(18)6(3)15)4-7(16)10(19)12(21)11(20)8(4)17. The number of benzene rings is 1. The van der Waals surface area contributed by atoms with Gasteiger partial charge in [-0.3, -0.25) is 0 Å². The largest absolute Gasteiger partial charge is 0.270 e. The van der Waals surface area contributed by atoms with Crippen LogP contribution >= 0.6 is 0 Å². The van der Waals surface area contributed by atoms with Gasteiger partial charge in [0.1, 0.15) is 0 Å². The Morgan fingerprint density at radius 2 is 0.952 bits per heavy atom. The van der Waals surface area contributed by atoms with Crippen LogP contribution in [0.5, 0.6) is 0 Å². The van der Waals surface area contributed by atoms with E-state index in [1.54, 1.807) is 0 Å². The van der Waals surface area contributed by atoms with Crippen LogP contribution in [0.15, 0.2) is 23.2 Å². The first-order valence-corrected chi connectivity index (χ1v) is 4.95. The summed E-state index contributed by atoms with van der Waals surface area (Å²) < 4.78 is 117. The molecule has 1 aromatic carbocycles. The van der Waals surface area contributed by atoms with Crippen LogP contribution in [-0.4, -0.2) is 0 Å². The lowest BCUT2D eigenvalue weighted by atomic mass is 9.98. The van der Waals surface area contributed by atoms with E-state index in [1.807, 2.05) is 0 Å². The normalized spacial score (nSPS) is 16.2. The van der Waals surface area contributed by atoms with Gasteiger partial charge in [0.15, 0.2) is 40.7 Å². The van der Waals surface area contributed by atoms with Gasteiger partial charge in [-0.25, -0.2) is 35.1 Å². The van der Waals surface area contributed by atoms with Crippen molar-refractivity contribution in [3.63, 3.8) is 0 Å². The van der Waals surface area contributed by atoms with E-state index >= 15 is 0 Å². The zero-order valence-electron chi connectivity index (χ0n) is 9.40. The van der Waals surface area contributed by atoms with Crippen molar-refractivity contribution in [2.45, 2.75) is 0 Å². The third-order valence-electron chi connectivity index (χ3n) is 2.49. The molecule has 0 N–H and O–H groups in total. The van der Waals surface area contributed by atoms with E-state index in [0.29, 0.717) is 0 Å². The molecule has 1 aliphatic rings. The van der Waals surface area contributed by atoms with Gasteiger partial charge in [0.25, 0.3) is 6.17 Å². The van der Waals surface area contributed by atoms with E-state index < -0.39 is 63.9 Å². The molecule has 0 aliphatic heterocycles. The molecular weight excluding hydrogens is 315 g/mol. The Balaban J connectivity index is 2.90. The fourth-order valence-electron chi connectivity index (χ4n) is 1.52. The van der Waals surface area contributed by atoms with E-state index in [9.17, 15) is 39.5 Å². The van der Waals surface area contributed by atoms with E-state index in [4.69, 9.17) is 0 Å². The van der Waals surface area contributed by atoms with Crippen LogP contribution in [0.25, 0.3) is 5.57 Å². The number of hydrogen-bond acceptors (Lipinski definition) is 0. The third-order valence-corrected chi connectivity index (χ3v) is 2.49. The second kappa shape index (κ2) is 5.00. The van der Waals surface area contributed by atoms with Gasteiger partial charge < -0.3 is 0 Å². The van der Waals surface area contributed by atoms with Crippen LogP contribution in [0.3, 0.4) is 0 Å². The van der Waals surface area contributed by atoms with Crippen LogP contribution in [0.4, 0.5) is 39.5 Å². The molecule has 111 valence electrons. The zero-order chi connectivity index (χ0) is 16.1. The smallest absolute Gasteiger partial charge is 0.223 e. The van der Waals surface area contributed by atoms with Crippen LogP contribution in [0, 0.1) is 35.3 Å². The number of halogens is 9. The lowest BCUT2D eigenvalue weighted by Crippen LogP contribution is -2.09. The van der Waals surface area contributed by atoms with Gasteiger partial charge in [0.2, 0.25) is 5.82 Å². The summed E-state index contributed by atoms with van der Waals surface area (Å²) >= 11 is 0. The maximum absolute atomic E-state index is 13.4. The highest BCUT2D eigenvalue weighted by Crippen LogP contribution is 2.41. The summed E-state index contributed by atoms with van der Waals surface area (Å²) in [4.78, 5) is 0. The Labute approximate surface area is 110 Å². The first-order valence-electron chi connectivity index (χ1n) is 4.95. The second-order valence-electron chi connectivity index (χ2n) is 3.70. The lowest BCUT2D eigenvalue weighted by Gasteiger charge is -2.13. The molecule has 1 aliphatic carbocycles. The molecule has 0 amide bonds.